The summed E-state index contributed by atoms with van der Waals surface area (Å²) < 4.78 is 5.61. The first-order chi connectivity index (χ1) is 7.13. The Bertz CT molecular complexity index is 403. The molecule has 0 aromatic heterocycles. The zero-order valence-corrected chi connectivity index (χ0v) is 9.82. The highest BCUT2D eigenvalue weighted by atomic mass is 79.9. The molecule has 1 aliphatic rings. The van der Waals surface area contributed by atoms with E-state index in [2.05, 4.69) is 20.7 Å². The topological polar surface area (TPSA) is 46.5 Å². The molecular weight excluding hydrogens is 260 g/mol. The number of carbonyl (C=O) groups excluding carboxylic acids is 1. The summed E-state index contributed by atoms with van der Waals surface area (Å²) in [5, 5.41) is 9.92. The number of methoxy groups -OCH3 is 1. The largest absolute Gasteiger partial charge is 0.469 e. The molecule has 0 fully saturated rings. The van der Waals surface area contributed by atoms with Gasteiger partial charge in [-0.05, 0) is 29.7 Å². The Labute approximate surface area is 96.2 Å². The van der Waals surface area contributed by atoms with Gasteiger partial charge in [-0.3, -0.25) is 4.79 Å². The van der Waals surface area contributed by atoms with Crippen LogP contribution in [0.3, 0.4) is 0 Å². The molecule has 80 valence electrons. The smallest absolute Gasteiger partial charge is 0.311 e. The molecule has 3 nitrogen and oxygen atoms in total. The minimum Gasteiger partial charge on any atom is -0.469 e. The van der Waals surface area contributed by atoms with E-state index in [0.717, 1.165) is 15.6 Å². The van der Waals surface area contributed by atoms with Crippen molar-refractivity contribution in [2.24, 2.45) is 5.92 Å². The minimum absolute atomic E-state index is 0.352. The molecule has 0 saturated heterocycles. The van der Waals surface area contributed by atoms with E-state index in [1.54, 1.807) is 0 Å². The lowest BCUT2D eigenvalue weighted by Gasteiger charge is -2.11. The van der Waals surface area contributed by atoms with Gasteiger partial charge in [0.25, 0.3) is 0 Å². The van der Waals surface area contributed by atoms with Crippen molar-refractivity contribution in [3.63, 3.8) is 0 Å². The molecule has 1 aromatic rings. The predicted octanol–water partition coefficient (Wildman–Crippen LogP) is 1.83. The van der Waals surface area contributed by atoms with Crippen LogP contribution < -0.4 is 0 Å². The van der Waals surface area contributed by atoms with Gasteiger partial charge in [0.05, 0.1) is 19.1 Å². The third kappa shape index (κ3) is 1.79. The summed E-state index contributed by atoms with van der Waals surface area (Å²) in [6.45, 7) is 0. The van der Waals surface area contributed by atoms with Crippen LogP contribution in [0.2, 0.25) is 0 Å². The molecule has 1 aromatic carbocycles. The molecule has 1 N–H and O–H groups in total. The summed E-state index contributed by atoms with van der Waals surface area (Å²) in [5.41, 5.74) is 1.83. The minimum atomic E-state index is -0.736. The van der Waals surface area contributed by atoms with Crippen LogP contribution >= 0.6 is 15.9 Å². The van der Waals surface area contributed by atoms with Gasteiger partial charge < -0.3 is 9.84 Å². The summed E-state index contributed by atoms with van der Waals surface area (Å²) in [4.78, 5) is 11.4. The number of carbonyl (C=O) groups is 1. The van der Waals surface area contributed by atoms with Crippen molar-refractivity contribution in [3.8, 4) is 0 Å². The molecule has 0 radical (unpaired) electrons. The van der Waals surface area contributed by atoms with Crippen LogP contribution in [0.4, 0.5) is 0 Å². The van der Waals surface area contributed by atoms with Gasteiger partial charge >= 0.3 is 5.97 Å². The van der Waals surface area contributed by atoms with Crippen molar-refractivity contribution in [3.05, 3.63) is 33.8 Å². The molecule has 2 unspecified atom stereocenters. The second-order valence-electron chi connectivity index (χ2n) is 3.62. The average molecular weight is 271 g/mol. The van der Waals surface area contributed by atoms with Crippen LogP contribution in [0.15, 0.2) is 22.7 Å². The maximum Gasteiger partial charge on any atom is 0.311 e. The molecular formula is C11H11BrO3. The van der Waals surface area contributed by atoms with E-state index in [4.69, 9.17) is 0 Å². The molecule has 0 amide bonds. The zero-order valence-electron chi connectivity index (χ0n) is 8.24. The van der Waals surface area contributed by atoms with Crippen molar-refractivity contribution in [1.82, 2.24) is 0 Å². The zero-order chi connectivity index (χ0) is 11.0. The van der Waals surface area contributed by atoms with Crippen molar-refractivity contribution >= 4 is 21.9 Å². The van der Waals surface area contributed by atoms with E-state index >= 15 is 0 Å². The number of rotatable bonds is 1. The van der Waals surface area contributed by atoms with Crippen molar-refractivity contribution in [2.45, 2.75) is 12.5 Å². The quantitative estimate of drug-likeness (QED) is 0.792. The highest BCUT2D eigenvalue weighted by molar-refractivity contribution is 9.10. The van der Waals surface area contributed by atoms with Gasteiger partial charge in [-0.2, -0.15) is 0 Å². The van der Waals surface area contributed by atoms with E-state index in [1.165, 1.54) is 7.11 Å². The molecule has 0 bridgehead atoms. The third-order valence-electron chi connectivity index (χ3n) is 2.75. The number of aliphatic hydroxyl groups excluding tert-OH is 1. The van der Waals surface area contributed by atoms with Gasteiger partial charge in [-0.15, -0.1) is 0 Å². The molecule has 4 heteroatoms. The molecule has 2 rings (SSSR count). The number of fused-ring (bicyclic) bond motifs is 1. The van der Waals surface area contributed by atoms with E-state index in [9.17, 15) is 9.90 Å². The Kier molecular flexibility index (Phi) is 2.80. The lowest BCUT2D eigenvalue weighted by molar-refractivity contribution is -0.148. The average Bonchev–Trinajstić information content (AvgIpc) is 2.54. The third-order valence-corrected chi connectivity index (χ3v) is 3.24. The number of hydrogen-bond donors (Lipinski definition) is 1. The van der Waals surface area contributed by atoms with Crippen LogP contribution in [-0.2, 0) is 16.0 Å². The van der Waals surface area contributed by atoms with E-state index in [-0.39, 0.29) is 5.97 Å². The maximum absolute atomic E-state index is 11.4. The number of ether oxygens (including phenoxy) is 1. The molecule has 2 atom stereocenters. The van der Waals surface area contributed by atoms with E-state index in [0.29, 0.717) is 6.42 Å². The first kappa shape index (κ1) is 10.6. The lowest BCUT2D eigenvalue weighted by atomic mass is 10.0. The normalized spacial score (nSPS) is 23.7. The SMILES string of the molecule is COC(=O)C1Cc2cc(Br)ccc2C1O. The number of halogens is 1. The van der Waals surface area contributed by atoms with Gasteiger partial charge in [0.15, 0.2) is 0 Å². The maximum atomic E-state index is 11.4. The van der Waals surface area contributed by atoms with Crippen LogP contribution in [0, 0.1) is 5.92 Å². The first-order valence-corrected chi connectivity index (χ1v) is 5.47. The van der Waals surface area contributed by atoms with Gasteiger partial charge in [0.1, 0.15) is 0 Å². The fourth-order valence-electron chi connectivity index (χ4n) is 1.97. The Morgan fingerprint density at radius 1 is 1.60 bits per heavy atom. The summed E-state index contributed by atoms with van der Waals surface area (Å²) in [6.07, 6.45) is -0.191. The predicted molar refractivity (Wildman–Crippen MR) is 58.3 cm³/mol. The van der Waals surface area contributed by atoms with Crippen LogP contribution in [-0.4, -0.2) is 18.2 Å². The molecule has 1 aliphatic carbocycles. The second-order valence-corrected chi connectivity index (χ2v) is 4.54. The Hall–Kier alpha value is -0.870. The lowest BCUT2D eigenvalue weighted by Crippen LogP contribution is -2.20. The molecule has 15 heavy (non-hydrogen) atoms. The second kappa shape index (κ2) is 3.94. The van der Waals surface area contributed by atoms with Crippen LogP contribution in [0.25, 0.3) is 0 Å². The number of aliphatic hydroxyl groups is 1. The van der Waals surface area contributed by atoms with Gasteiger partial charge in [-0.1, -0.05) is 22.0 Å². The number of hydrogen-bond acceptors (Lipinski definition) is 3. The monoisotopic (exact) mass is 270 g/mol. The number of esters is 1. The van der Waals surface area contributed by atoms with Gasteiger partial charge in [0.2, 0.25) is 0 Å². The molecule has 0 spiro atoms. The van der Waals surface area contributed by atoms with Crippen molar-refractivity contribution in [2.75, 3.05) is 7.11 Å². The summed E-state index contributed by atoms with van der Waals surface area (Å²) in [7, 11) is 1.34. The highest BCUT2D eigenvalue weighted by Crippen LogP contribution is 2.37. The van der Waals surface area contributed by atoms with Crippen LogP contribution in [0.1, 0.15) is 17.2 Å². The highest BCUT2D eigenvalue weighted by Gasteiger charge is 2.36. The Balaban J connectivity index is 2.32. The Morgan fingerprint density at radius 3 is 3.00 bits per heavy atom. The summed E-state index contributed by atoms with van der Waals surface area (Å²) >= 11 is 3.36. The standard InChI is InChI=1S/C11H11BrO3/c1-15-11(14)9-5-6-4-7(12)2-3-8(6)10(9)13/h2-4,9-10,13H,5H2,1H3. The van der Waals surface area contributed by atoms with Gasteiger partial charge in [0, 0.05) is 4.47 Å². The van der Waals surface area contributed by atoms with Gasteiger partial charge in [-0.25, -0.2) is 0 Å². The molecule has 0 aliphatic heterocycles. The van der Waals surface area contributed by atoms with E-state index in [1.807, 2.05) is 18.2 Å². The fraction of sp³-hybridized carbons (Fsp3) is 0.364. The van der Waals surface area contributed by atoms with Crippen molar-refractivity contribution in [1.29, 1.82) is 0 Å². The molecule has 0 heterocycles. The first-order valence-electron chi connectivity index (χ1n) is 4.67. The fourth-order valence-corrected chi connectivity index (χ4v) is 2.38. The van der Waals surface area contributed by atoms with Crippen LogP contribution in [0.5, 0.6) is 0 Å². The summed E-state index contributed by atoms with van der Waals surface area (Å²) in [6, 6.07) is 5.64. The van der Waals surface area contributed by atoms with Crippen molar-refractivity contribution < 1.29 is 14.6 Å². The van der Waals surface area contributed by atoms with E-state index < -0.39 is 12.0 Å². The Morgan fingerprint density at radius 2 is 2.33 bits per heavy atom. The summed E-state index contributed by atoms with van der Waals surface area (Å²) in [5.74, 6) is -0.811. The molecule has 0 saturated carbocycles. The number of benzene rings is 1.